The van der Waals surface area contributed by atoms with Crippen LogP contribution in [-0.2, 0) is 12.8 Å². The molecule has 0 aliphatic heterocycles. The van der Waals surface area contributed by atoms with Crippen molar-refractivity contribution in [1.82, 2.24) is 15.3 Å². The Morgan fingerprint density at radius 1 is 0.815 bits per heavy atom. The summed E-state index contributed by atoms with van der Waals surface area (Å²) in [7, 11) is 1.91. The van der Waals surface area contributed by atoms with Gasteiger partial charge in [-0.15, -0.1) is 0 Å². The fourth-order valence-corrected chi connectivity index (χ4v) is 4.88. The van der Waals surface area contributed by atoms with Gasteiger partial charge in [0.15, 0.2) is 0 Å². The van der Waals surface area contributed by atoms with Crippen molar-refractivity contribution in [3.05, 3.63) is 178 Å². The molecule has 0 aliphatic rings. The maximum Gasteiger partial charge on any atom is 0.335 e. The molecule has 0 bridgehead atoms. The standard InChI is InChI=1S/C20H21NO2.C15H20ClN.C9H9NO2.C2H6/c1-14-7-9-17(10-8-14)6-4-5-15(2)16(3)19-13-18(20(22)23)11-12-21-19;1-4-14(12(2)17-3)7-5-6-13-8-10-15(16)11-9-13;1-6(2)8-5-7(9(11)12)3-4-10-8;1-2/h4-5,7-13H,6H2,1-3H3,(H,22,23);4,8-11,17H,2,5-7H2,1,3H3;3-5H,1H2,2H3,(H,11,12);1-2H3/b5-4-,16-15+;14-4+;;. The van der Waals surface area contributed by atoms with E-state index in [-0.39, 0.29) is 11.1 Å². The SMILES string of the molecule is C=C(C)c1cc(C(=O)O)ccn1.C=C(NC)/C(=C/C)CCCc1ccc(Cl)cc1.CC.CC(/C=C\Cc1ccc(C)cc1)=C(/C)c1cc(C(=O)O)ccn1. The van der Waals surface area contributed by atoms with E-state index in [2.05, 4.69) is 96.9 Å². The van der Waals surface area contributed by atoms with Crippen molar-refractivity contribution >= 4 is 34.7 Å². The van der Waals surface area contributed by atoms with Gasteiger partial charge < -0.3 is 15.5 Å². The van der Waals surface area contributed by atoms with Gasteiger partial charge in [0.05, 0.1) is 22.5 Å². The quantitative estimate of drug-likeness (QED) is 0.117. The van der Waals surface area contributed by atoms with Gasteiger partial charge in [-0.2, -0.15) is 0 Å². The van der Waals surface area contributed by atoms with E-state index in [9.17, 15) is 9.59 Å². The second kappa shape index (κ2) is 25.4. The number of aryl methyl sites for hydroxylation is 2. The van der Waals surface area contributed by atoms with Gasteiger partial charge in [-0.3, -0.25) is 9.97 Å². The predicted molar refractivity (Wildman–Crippen MR) is 227 cm³/mol. The van der Waals surface area contributed by atoms with Crippen molar-refractivity contribution in [2.75, 3.05) is 7.05 Å². The molecule has 3 N–H and O–H groups in total. The number of aromatic nitrogens is 2. The van der Waals surface area contributed by atoms with Gasteiger partial charge in [0.2, 0.25) is 0 Å². The zero-order valence-electron chi connectivity index (χ0n) is 33.0. The molecule has 0 atom stereocenters. The van der Waals surface area contributed by atoms with Crippen molar-refractivity contribution in [2.24, 2.45) is 0 Å². The summed E-state index contributed by atoms with van der Waals surface area (Å²) < 4.78 is 0. The number of halogens is 1. The van der Waals surface area contributed by atoms with Gasteiger partial charge in [-0.1, -0.05) is 98.8 Å². The smallest absolute Gasteiger partial charge is 0.335 e. The Morgan fingerprint density at radius 2 is 1.33 bits per heavy atom. The van der Waals surface area contributed by atoms with Crippen LogP contribution in [0, 0.1) is 6.92 Å². The highest BCUT2D eigenvalue weighted by molar-refractivity contribution is 6.30. The maximum atomic E-state index is 11.0. The first-order valence-corrected chi connectivity index (χ1v) is 18.3. The summed E-state index contributed by atoms with van der Waals surface area (Å²) in [5, 5.41) is 21.6. The second-order valence-electron chi connectivity index (χ2n) is 12.2. The predicted octanol–water partition coefficient (Wildman–Crippen LogP) is 11.9. The number of hydrogen-bond donors (Lipinski definition) is 3. The number of carbonyl (C=O) groups is 2. The van der Waals surface area contributed by atoms with Gasteiger partial charge >= 0.3 is 11.9 Å². The lowest BCUT2D eigenvalue weighted by atomic mass is 10.0. The molecular formula is C46H56ClN3O4. The highest BCUT2D eigenvalue weighted by Crippen LogP contribution is 2.19. The molecule has 2 aromatic heterocycles. The number of nitrogens with zero attached hydrogens (tertiary/aromatic N) is 2. The molecular weight excluding hydrogens is 694 g/mol. The van der Waals surface area contributed by atoms with Crippen LogP contribution in [0.3, 0.4) is 0 Å². The van der Waals surface area contributed by atoms with E-state index in [1.807, 2.05) is 46.9 Å². The molecule has 0 radical (unpaired) electrons. The van der Waals surface area contributed by atoms with Crippen LogP contribution in [0.5, 0.6) is 0 Å². The minimum Gasteiger partial charge on any atom is -0.478 e. The molecule has 0 saturated carbocycles. The minimum atomic E-state index is -0.945. The average Bonchev–Trinajstić information content (AvgIpc) is 3.18. The summed E-state index contributed by atoms with van der Waals surface area (Å²) >= 11 is 5.85. The van der Waals surface area contributed by atoms with Crippen molar-refractivity contribution in [3.63, 3.8) is 0 Å². The van der Waals surface area contributed by atoms with Crippen LogP contribution in [0.25, 0.3) is 11.1 Å². The molecule has 0 amide bonds. The Balaban J connectivity index is 0.000000415. The molecule has 7 nitrogen and oxygen atoms in total. The zero-order chi connectivity index (χ0) is 40.6. The first kappa shape index (κ1) is 46.5. The largest absolute Gasteiger partial charge is 0.478 e. The van der Waals surface area contributed by atoms with Crippen LogP contribution in [0.15, 0.2) is 133 Å². The second-order valence-corrected chi connectivity index (χ2v) is 12.6. The Morgan fingerprint density at radius 3 is 1.83 bits per heavy atom. The number of benzene rings is 2. The molecule has 4 aromatic rings. The molecule has 0 saturated heterocycles. The maximum absolute atomic E-state index is 11.0. The van der Waals surface area contributed by atoms with E-state index in [1.54, 1.807) is 13.0 Å². The number of pyridine rings is 2. The molecule has 8 heteroatoms. The van der Waals surface area contributed by atoms with E-state index >= 15 is 0 Å². The molecule has 0 fully saturated rings. The molecule has 54 heavy (non-hydrogen) atoms. The summed E-state index contributed by atoms with van der Waals surface area (Å²) in [5.41, 5.74) is 10.8. The molecule has 0 aliphatic carbocycles. The summed E-state index contributed by atoms with van der Waals surface area (Å²) in [4.78, 5) is 29.8. The van der Waals surface area contributed by atoms with Crippen LogP contribution >= 0.6 is 11.6 Å². The Kier molecular flexibility index (Phi) is 21.9. The number of nitrogens with one attached hydrogen (secondary N) is 1. The molecule has 0 unspecified atom stereocenters. The van der Waals surface area contributed by atoms with Crippen LogP contribution in [-0.4, -0.2) is 39.2 Å². The van der Waals surface area contributed by atoms with E-state index < -0.39 is 11.9 Å². The lowest BCUT2D eigenvalue weighted by Gasteiger charge is -2.09. The van der Waals surface area contributed by atoms with Gasteiger partial charge in [0, 0.05) is 30.2 Å². The number of hydrogen-bond acceptors (Lipinski definition) is 5. The number of carboxylic acids is 2. The van der Waals surface area contributed by atoms with Crippen molar-refractivity contribution in [3.8, 4) is 0 Å². The molecule has 4 rings (SSSR count). The van der Waals surface area contributed by atoms with E-state index in [1.165, 1.54) is 52.9 Å². The number of likely N-dealkylation sites (N-methyl/N-ethyl adjacent to an activating group) is 1. The molecule has 286 valence electrons. The normalized spacial score (nSPS) is 11.0. The van der Waals surface area contributed by atoms with E-state index in [4.69, 9.17) is 21.8 Å². The first-order valence-electron chi connectivity index (χ1n) is 18.0. The summed E-state index contributed by atoms with van der Waals surface area (Å²) in [6, 6.07) is 22.6. The summed E-state index contributed by atoms with van der Waals surface area (Å²) in [5.74, 6) is -1.88. The monoisotopic (exact) mass is 749 g/mol. The Hall–Kier alpha value is -5.53. The minimum absolute atomic E-state index is 0.239. The lowest BCUT2D eigenvalue weighted by Crippen LogP contribution is -2.07. The summed E-state index contributed by atoms with van der Waals surface area (Å²) in [6.07, 6.45) is 13.4. The number of rotatable bonds is 13. The van der Waals surface area contributed by atoms with Crippen LogP contribution in [0.2, 0.25) is 5.02 Å². The van der Waals surface area contributed by atoms with Crippen LogP contribution < -0.4 is 5.32 Å². The number of aromatic carboxylic acids is 2. The topological polar surface area (TPSA) is 112 Å². The highest BCUT2D eigenvalue weighted by atomic mass is 35.5. The first-order chi connectivity index (χ1) is 25.7. The van der Waals surface area contributed by atoms with Crippen LogP contribution in [0.1, 0.15) is 103 Å². The van der Waals surface area contributed by atoms with Gasteiger partial charge in [0.1, 0.15) is 0 Å². The zero-order valence-corrected chi connectivity index (χ0v) is 33.8. The fourth-order valence-electron chi connectivity index (χ4n) is 4.75. The van der Waals surface area contributed by atoms with Gasteiger partial charge in [-0.25, -0.2) is 9.59 Å². The van der Waals surface area contributed by atoms with Crippen LogP contribution in [0.4, 0.5) is 0 Å². The van der Waals surface area contributed by atoms with Gasteiger partial charge in [-0.05, 0) is 130 Å². The fraction of sp³-hybridized carbons (Fsp3) is 0.261. The van der Waals surface area contributed by atoms with E-state index in [0.29, 0.717) is 11.4 Å². The summed E-state index contributed by atoms with van der Waals surface area (Å²) in [6.45, 7) is 21.5. The van der Waals surface area contributed by atoms with Crippen molar-refractivity contribution in [1.29, 1.82) is 0 Å². The Labute approximate surface area is 327 Å². The highest BCUT2D eigenvalue weighted by Gasteiger charge is 2.07. The molecule has 2 aromatic carbocycles. The van der Waals surface area contributed by atoms with Gasteiger partial charge in [0.25, 0.3) is 0 Å². The third kappa shape index (κ3) is 17.3. The third-order valence-electron chi connectivity index (χ3n) is 8.13. The lowest BCUT2D eigenvalue weighted by molar-refractivity contribution is 0.0686. The number of carboxylic acid groups (broad SMARTS) is 2. The average molecular weight is 750 g/mol. The van der Waals surface area contributed by atoms with Crippen molar-refractivity contribution in [2.45, 2.75) is 74.1 Å². The third-order valence-corrected chi connectivity index (χ3v) is 8.38. The van der Waals surface area contributed by atoms with Crippen molar-refractivity contribution < 1.29 is 19.8 Å². The Bertz CT molecular complexity index is 1880. The number of allylic oxidation sites excluding steroid dienone is 7. The molecule has 0 spiro atoms. The molecule has 2 heterocycles. The van der Waals surface area contributed by atoms with E-state index in [0.717, 1.165) is 53.1 Å².